The molecule has 4 aliphatic rings. The van der Waals surface area contributed by atoms with Crippen LogP contribution in [0.3, 0.4) is 0 Å². The zero-order chi connectivity index (χ0) is 9.05. The largest absolute Gasteiger partial charge is 0.172 e. The summed E-state index contributed by atoms with van der Waals surface area (Å²) in [6, 6.07) is 0. The van der Waals surface area contributed by atoms with Gasteiger partial charge in [0.15, 0.2) is 0 Å². The Morgan fingerprint density at radius 2 is 1.46 bits per heavy atom. The van der Waals surface area contributed by atoms with Gasteiger partial charge in [-0.2, -0.15) is 12.6 Å². The summed E-state index contributed by atoms with van der Waals surface area (Å²) in [6.07, 6.45) is 8.73. The zero-order valence-corrected chi connectivity index (χ0v) is 10.1. The first-order valence-electron chi connectivity index (χ1n) is 5.65. The fourth-order valence-corrected chi connectivity index (χ4v) is 5.42. The number of rotatable bonds is 1. The maximum atomic E-state index is 5.01. The molecule has 0 aromatic heterocycles. The first-order valence-corrected chi connectivity index (χ1v) is 6.91. The molecule has 2 heteroatoms. The molecule has 4 bridgehead atoms. The molecule has 0 radical (unpaired) electrons. The third kappa shape index (κ3) is 1.16. The first-order chi connectivity index (χ1) is 6.22. The third-order valence-corrected chi connectivity index (χ3v) is 6.81. The molecule has 0 nitrogen and oxygen atoms in total. The smallest absolute Gasteiger partial charge is 0.0221 e. The highest BCUT2D eigenvalue weighted by Gasteiger charge is 2.54. The Morgan fingerprint density at radius 3 is 1.85 bits per heavy atom. The maximum absolute atomic E-state index is 5.01. The molecule has 0 N–H and O–H groups in total. The Bertz CT molecular complexity index is 198. The summed E-state index contributed by atoms with van der Waals surface area (Å²) in [5.74, 6) is 4.06. The molecule has 4 fully saturated rings. The summed E-state index contributed by atoms with van der Waals surface area (Å²) < 4.78 is 0.401. The molecule has 4 saturated carbocycles. The van der Waals surface area contributed by atoms with E-state index in [0.29, 0.717) is 4.75 Å². The Hall–Kier alpha value is 0.780. The van der Waals surface area contributed by atoms with Crippen molar-refractivity contribution >= 4 is 21.9 Å². The van der Waals surface area contributed by atoms with E-state index in [1.165, 1.54) is 31.8 Å². The normalized spacial score (nSPS) is 58.6. The Morgan fingerprint density at radius 1 is 1.00 bits per heavy atom. The molecule has 0 amide bonds. The number of hydrogen-bond donors (Lipinski definition) is 1. The van der Waals surface area contributed by atoms with Crippen LogP contribution in [0.25, 0.3) is 0 Å². The molecule has 1 unspecified atom stereocenters. The van der Waals surface area contributed by atoms with Crippen LogP contribution in [-0.4, -0.2) is 10.9 Å². The lowest BCUT2D eigenvalue weighted by Gasteiger charge is -2.59. The van der Waals surface area contributed by atoms with Crippen molar-refractivity contribution in [1.82, 2.24) is 0 Å². The highest BCUT2D eigenvalue weighted by Crippen LogP contribution is 2.60. The van der Waals surface area contributed by atoms with Gasteiger partial charge in [0.2, 0.25) is 0 Å². The second-order valence-corrected chi connectivity index (χ2v) is 6.74. The van der Waals surface area contributed by atoms with Crippen LogP contribution in [0.1, 0.15) is 32.1 Å². The van der Waals surface area contributed by atoms with Gasteiger partial charge in [0.1, 0.15) is 0 Å². The van der Waals surface area contributed by atoms with E-state index >= 15 is 0 Å². The first kappa shape index (κ1) is 9.04. The predicted octanol–water partition coefficient (Wildman–Crippen LogP) is 2.99. The van der Waals surface area contributed by atoms with Crippen LogP contribution >= 0.6 is 21.9 Å². The van der Waals surface area contributed by atoms with Crippen LogP contribution in [0.5, 0.6) is 0 Å². The van der Waals surface area contributed by atoms with Gasteiger partial charge in [0.05, 0.1) is 0 Å². The van der Waals surface area contributed by atoms with Gasteiger partial charge in [-0.15, -0.1) is 9.24 Å². The summed E-state index contributed by atoms with van der Waals surface area (Å²) in [6.45, 7) is 0. The molecule has 4 rings (SSSR count). The lowest BCUT2D eigenvalue weighted by atomic mass is 9.52. The number of hydrogen-bond acceptors (Lipinski definition) is 1. The summed E-state index contributed by atoms with van der Waals surface area (Å²) in [4.78, 5) is 0. The van der Waals surface area contributed by atoms with E-state index in [0.717, 1.165) is 23.7 Å². The quantitative estimate of drug-likeness (QED) is 0.503. The van der Waals surface area contributed by atoms with Gasteiger partial charge < -0.3 is 0 Å². The second-order valence-electron chi connectivity index (χ2n) is 5.50. The van der Waals surface area contributed by atoms with Crippen LogP contribution in [0, 0.1) is 23.7 Å². The maximum Gasteiger partial charge on any atom is 0.0221 e. The molecule has 0 spiro atoms. The van der Waals surface area contributed by atoms with Crippen molar-refractivity contribution in [2.45, 2.75) is 36.9 Å². The van der Waals surface area contributed by atoms with Crippen molar-refractivity contribution in [2.24, 2.45) is 23.7 Å². The Labute approximate surface area is 88.9 Å². The van der Waals surface area contributed by atoms with Gasteiger partial charge in [0, 0.05) is 4.75 Å². The van der Waals surface area contributed by atoms with Gasteiger partial charge in [-0.1, -0.05) is 0 Å². The van der Waals surface area contributed by atoms with E-state index < -0.39 is 0 Å². The van der Waals surface area contributed by atoms with Crippen molar-refractivity contribution in [3.63, 3.8) is 0 Å². The van der Waals surface area contributed by atoms with Crippen molar-refractivity contribution < 1.29 is 0 Å². The van der Waals surface area contributed by atoms with E-state index in [9.17, 15) is 0 Å². The van der Waals surface area contributed by atoms with Crippen molar-refractivity contribution in [2.75, 3.05) is 6.16 Å². The van der Waals surface area contributed by atoms with Crippen LogP contribution in [0.2, 0.25) is 0 Å². The van der Waals surface area contributed by atoms with Crippen LogP contribution in [0.4, 0.5) is 0 Å². The van der Waals surface area contributed by atoms with Crippen LogP contribution in [0.15, 0.2) is 0 Å². The molecule has 0 aromatic carbocycles. The van der Waals surface area contributed by atoms with E-state index in [-0.39, 0.29) is 0 Å². The van der Waals surface area contributed by atoms with Crippen molar-refractivity contribution in [3.05, 3.63) is 0 Å². The summed E-state index contributed by atoms with van der Waals surface area (Å²) >= 11 is 5.01. The Balaban J connectivity index is 1.93. The van der Waals surface area contributed by atoms with Crippen LogP contribution in [-0.2, 0) is 0 Å². The minimum atomic E-state index is 0.401. The molecule has 4 aliphatic carbocycles. The summed E-state index contributed by atoms with van der Waals surface area (Å²) in [5.41, 5.74) is 0. The summed E-state index contributed by atoms with van der Waals surface area (Å²) in [7, 11) is 2.94. The van der Waals surface area contributed by atoms with Crippen molar-refractivity contribution in [3.8, 4) is 0 Å². The van der Waals surface area contributed by atoms with E-state index in [4.69, 9.17) is 12.6 Å². The second kappa shape index (κ2) is 2.89. The van der Waals surface area contributed by atoms with E-state index in [1.54, 1.807) is 6.42 Å². The standard InChI is InChI=1S/C11H19PS/c12-6-11(13)9-2-7-1-8(4-9)5-10(11)3-7/h7-10,13H,1-6,12H2. The lowest BCUT2D eigenvalue weighted by molar-refractivity contribution is -0.00708. The SMILES string of the molecule is PCC1(S)C2CC3CC(C2)CC1C3. The fourth-order valence-electron chi connectivity index (χ4n) is 4.33. The third-order valence-electron chi connectivity index (χ3n) is 4.88. The molecule has 74 valence electrons. The van der Waals surface area contributed by atoms with Gasteiger partial charge in [-0.3, -0.25) is 0 Å². The van der Waals surface area contributed by atoms with Gasteiger partial charge in [0.25, 0.3) is 0 Å². The van der Waals surface area contributed by atoms with Gasteiger partial charge in [-0.05, 0) is 61.9 Å². The highest BCUT2D eigenvalue weighted by molar-refractivity contribution is 7.82. The number of thiol groups is 1. The Kier molecular flexibility index (Phi) is 2.01. The average molecular weight is 214 g/mol. The predicted molar refractivity (Wildman–Crippen MR) is 63.3 cm³/mol. The molecule has 1 atom stereocenters. The van der Waals surface area contributed by atoms with E-state index in [1.807, 2.05) is 0 Å². The fraction of sp³-hybridized carbons (Fsp3) is 1.00. The molecule has 0 heterocycles. The lowest BCUT2D eigenvalue weighted by Crippen LogP contribution is -2.55. The molecule has 0 saturated heterocycles. The summed E-state index contributed by atoms with van der Waals surface area (Å²) in [5, 5.41) is 0. The monoisotopic (exact) mass is 214 g/mol. The topological polar surface area (TPSA) is 0 Å². The van der Waals surface area contributed by atoms with E-state index in [2.05, 4.69) is 9.24 Å². The molecule has 0 aliphatic heterocycles. The van der Waals surface area contributed by atoms with Crippen molar-refractivity contribution in [1.29, 1.82) is 0 Å². The van der Waals surface area contributed by atoms with Crippen LogP contribution < -0.4 is 0 Å². The minimum Gasteiger partial charge on any atom is -0.172 e. The minimum absolute atomic E-state index is 0.401. The average Bonchev–Trinajstić information content (AvgIpc) is 2.13. The molecular formula is C11H19PS. The highest BCUT2D eigenvalue weighted by atomic mass is 32.1. The molecule has 13 heavy (non-hydrogen) atoms. The molecule has 0 aromatic rings. The zero-order valence-electron chi connectivity index (χ0n) is 8.08. The molecular weight excluding hydrogens is 195 g/mol. The van der Waals surface area contributed by atoms with Gasteiger partial charge in [-0.25, -0.2) is 0 Å². The van der Waals surface area contributed by atoms with Gasteiger partial charge >= 0.3 is 0 Å².